The van der Waals surface area contributed by atoms with Gasteiger partial charge < -0.3 is 14.9 Å². The van der Waals surface area contributed by atoms with Gasteiger partial charge in [0.15, 0.2) is 0 Å². The minimum absolute atomic E-state index is 0.0155. The van der Waals surface area contributed by atoms with E-state index < -0.39 is 6.10 Å². The van der Waals surface area contributed by atoms with E-state index in [1.54, 1.807) is 12.1 Å². The quantitative estimate of drug-likeness (QED) is 0.771. The van der Waals surface area contributed by atoms with E-state index in [2.05, 4.69) is 9.97 Å². The van der Waals surface area contributed by atoms with Gasteiger partial charge in [-0.2, -0.15) is 0 Å². The molecule has 21 heavy (non-hydrogen) atoms. The molecule has 1 atom stereocenters. The first-order valence-electron chi connectivity index (χ1n) is 6.45. The lowest BCUT2D eigenvalue weighted by atomic mass is 10.1. The standard InChI is InChI=1S/C16H14N2O3/c1-21-10-6-7-15(19)11(8-10)16(20)14-9-17-12-4-2-3-5-13(12)18-14/h2-9,16,19-20H,1H3. The maximum absolute atomic E-state index is 10.4. The molecule has 0 saturated carbocycles. The van der Waals surface area contributed by atoms with E-state index in [4.69, 9.17) is 4.74 Å². The van der Waals surface area contributed by atoms with Gasteiger partial charge in [-0.1, -0.05) is 12.1 Å². The Morgan fingerprint density at radius 3 is 2.62 bits per heavy atom. The Balaban J connectivity index is 2.05. The van der Waals surface area contributed by atoms with Gasteiger partial charge in [0, 0.05) is 5.56 Å². The number of para-hydroxylation sites is 2. The van der Waals surface area contributed by atoms with E-state index in [1.165, 1.54) is 19.4 Å². The van der Waals surface area contributed by atoms with Crippen LogP contribution in [0.15, 0.2) is 48.7 Å². The molecule has 0 radical (unpaired) electrons. The number of hydrogen-bond donors (Lipinski definition) is 2. The number of phenols is 1. The number of phenolic OH excluding ortho intramolecular Hbond substituents is 1. The van der Waals surface area contributed by atoms with Crippen molar-refractivity contribution in [3.8, 4) is 11.5 Å². The van der Waals surface area contributed by atoms with Gasteiger partial charge in [-0.25, -0.2) is 4.98 Å². The Bertz CT molecular complexity index is 789. The summed E-state index contributed by atoms with van der Waals surface area (Å²) < 4.78 is 5.11. The highest BCUT2D eigenvalue weighted by Crippen LogP contribution is 2.31. The number of aromatic hydroxyl groups is 1. The molecule has 1 aromatic heterocycles. The number of aromatic nitrogens is 2. The van der Waals surface area contributed by atoms with Gasteiger partial charge in [0.1, 0.15) is 17.6 Å². The summed E-state index contributed by atoms with van der Waals surface area (Å²) >= 11 is 0. The molecular formula is C16H14N2O3. The molecule has 1 unspecified atom stereocenters. The molecule has 2 aromatic carbocycles. The van der Waals surface area contributed by atoms with Crippen molar-refractivity contribution in [3.63, 3.8) is 0 Å². The molecule has 106 valence electrons. The van der Waals surface area contributed by atoms with E-state index in [9.17, 15) is 10.2 Å². The predicted octanol–water partition coefficient (Wildman–Crippen LogP) is 2.43. The first-order valence-corrected chi connectivity index (χ1v) is 6.45. The van der Waals surface area contributed by atoms with Crippen LogP contribution in [0.2, 0.25) is 0 Å². The minimum Gasteiger partial charge on any atom is -0.508 e. The van der Waals surface area contributed by atoms with E-state index in [-0.39, 0.29) is 5.75 Å². The lowest BCUT2D eigenvalue weighted by Crippen LogP contribution is -2.04. The highest BCUT2D eigenvalue weighted by molar-refractivity contribution is 5.73. The highest BCUT2D eigenvalue weighted by Gasteiger charge is 2.17. The molecule has 1 heterocycles. The van der Waals surface area contributed by atoms with Gasteiger partial charge in [0.2, 0.25) is 0 Å². The summed E-state index contributed by atoms with van der Waals surface area (Å²) in [7, 11) is 1.53. The van der Waals surface area contributed by atoms with Crippen LogP contribution in [0.3, 0.4) is 0 Å². The summed E-state index contributed by atoms with van der Waals surface area (Å²) in [6.45, 7) is 0. The van der Waals surface area contributed by atoms with Crippen molar-refractivity contribution in [1.29, 1.82) is 0 Å². The molecule has 5 heteroatoms. The van der Waals surface area contributed by atoms with Crippen molar-refractivity contribution >= 4 is 11.0 Å². The molecule has 0 bridgehead atoms. The Hall–Kier alpha value is -2.66. The molecule has 0 spiro atoms. The first kappa shape index (κ1) is 13.3. The summed E-state index contributed by atoms with van der Waals surface area (Å²) in [6, 6.07) is 12.1. The molecule has 3 aromatic rings. The summed E-state index contributed by atoms with van der Waals surface area (Å²) in [5.41, 5.74) is 2.15. The zero-order valence-electron chi connectivity index (χ0n) is 11.4. The van der Waals surface area contributed by atoms with Crippen molar-refractivity contribution in [2.75, 3.05) is 7.11 Å². The maximum Gasteiger partial charge on any atom is 0.126 e. The van der Waals surface area contributed by atoms with E-state index in [1.807, 2.05) is 24.3 Å². The minimum atomic E-state index is -1.07. The lowest BCUT2D eigenvalue weighted by Gasteiger charge is -2.13. The Morgan fingerprint density at radius 1 is 1.10 bits per heavy atom. The fraction of sp³-hybridized carbons (Fsp3) is 0.125. The second kappa shape index (κ2) is 5.38. The normalized spacial score (nSPS) is 12.3. The zero-order chi connectivity index (χ0) is 14.8. The van der Waals surface area contributed by atoms with Crippen LogP contribution >= 0.6 is 0 Å². The SMILES string of the molecule is COc1ccc(O)c(C(O)c2cnc3ccccc3n2)c1. The van der Waals surface area contributed by atoms with Crippen molar-refractivity contribution < 1.29 is 14.9 Å². The highest BCUT2D eigenvalue weighted by atomic mass is 16.5. The van der Waals surface area contributed by atoms with E-state index in [0.717, 1.165) is 5.52 Å². The fourth-order valence-electron chi connectivity index (χ4n) is 2.14. The van der Waals surface area contributed by atoms with E-state index >= 15 is 0 Å². The van der Waals surface area contributed by atoms with Crippen molar-refractivity contribution in [2.24, 2.45) is 0 Å². The third-order valence-electron chi connectivity index (χ3n) is 3.28. The van der Waals surface area contributed by atoms with Crippen LogP contribution in [0.1, 0.15) is 17.4 Å². The van der Waals surface area contributed by atoms with Crippen LogP contribution in [0.4, 0.5) is 0 Å². The largest absolute Gasteiger partial charge is 0.508 e. The number of nitrogens with zero attached hydrogens (tertiary/aromatic N) is 2. The lowest BCUT2D eigenvalue weighted by molar-refractivity contribution is 0.210. The molecule has 0 aliphatic carbocycles. The van der Waals surface area contributed by atoms with Crippen LogP contribution in [-0.2, 0) is 0 Å². The monoisotopic (exact) mass is 282 g/mol. The molecule has 5 nitrogen and oxygen atoms in total. The number of ether oxygens (including phenoxy) is 1. The Labute approximate surface area is 121 Å². The second-order valence-corrected chi connectivity index (χ2v) is 4.61. The van der Waals surface area contributed by atoms with Crippen LogP contribution in [-0.4, -0.2) is 27.3 Å². The number of benzene rings is 2. The molecule has 0 saturated heterocycles. The average Bonchev–Trinajstić information content (AvgIpc) is 2.54. The number of hydrogen-bond acceptors (Lipinski definition) is 5. The zero-order valence-corrected chi connectivity index (χ0v) is 11.4. The third-order valence-corrected chi connectivity index (χ3v) is 3.28. The van der Waals surface area contributed by atoms with Crippen molar-refractivity contribution in [2.45, 2.75) is 6.10 Å². The van der Waals surface area contributed by atoms with Crippen molar-refractivity contribution in [3.05, 3.63) is 59.9 Å². The molecule has 0 aliphatic rings. The van der Waals surface area contributed by atoms with E-state index in [0.29, 0.717) is 22.5 Å². The molecule has 2 N–H and O–H groups in total. The van der Waals surface area contributed by atoms with Gasteiger partial charge >= 0.3 is 0 Å². The van der Waals surface area contributed by atoms with Gasteiger partial charge in [-0.05, 0) is 30.3 Å². The van der Waals surface area contributed by atoms with Gasteiger partial charge in [-0.3, -0.25) is 4.98 Å². The van der Waals surface area contributed by atoms with Gasteiger partial charge in [0.25, 0.3) is 0 Å². The summed E-state index contributed by atoms with van der Waals surface area (Å²) in [5.74, 6) is 0.536. The molecule has 0 fully saturated rings. The summed E-state index contributed by atoms with van der Waals surface area (Å²) in [4.78, 5) is 8.65. The second-order valence-electron chi connectivity index (χ2n) is 4.61. The Morgan fingerprint density at radius 2 is 1.86 bits per heavy atom. The van der Waals surface area contributed by atoms with Crippen LogP contribution in [0, 0.1) is 0 Å². The predicted molar refractivity (Wildman–Crippen MR) is 78.3 cm³/mol. The number of aliphatic hydroxyl groups is 1. The summed E-state index contributed by atoms with van der Waals surface area (Å²) in [6.07, 6.45) is 0.434. The number of fused-ring (bicyclic) bond motifs is 1. The average molecular weight is 282 g/mol. The third kappa shape index (κ3) is 2.51. The summed E-state index contributed by atoms with van der Waals surface area (Å²) in [5, 5.41) is 20.3. The molecule has 3 rings (SSSR count). The number of aliphatic hydroxyl groups excluding tert-OH is 1. The topological polar surface area (TPSA) is 75.5 Å². The van der Waals surface area contributed by atoms with Gasteiger partial charge in [-0.15, -0.1) is 0 Å². The fourth-order valence-corrected chi connectivity index (χ4v) is 2.14. The smallest absolute Gasteiger partial charge is 0.126 e. The number of methoxy groups -OCH3 is 1. The molecule has 0 amide bonds. The number of rotatable bonds is 3. The molecular weight excluding hydrogens is 268 g/mol. The molecule has 0 aliphatic heterocycles. The van der Waals surface area contributed by atoms with Crippen molar-refractivity contribution in [1.82, 2.24) is 9.97 Å². The maximum atomic E-state index is 10.4. The van der Waals surface area contributed by atoms with Crippen LogP contribution < -0.4 is 4.74 Å². The van der Waals surface area contributed by atoms with Crippen LogP contribution in [0.25, 0.3) is 11.0 Å². The van der Waals surface area contributed by atoms with Crippen LogP contribution in [0.5, 0.6) is 11.5 Å². The van der Waals surface area contributed by atoms with Gasteiger partial charge in [0.05, 0.1) is 30.0 Å². The first-order chi connectivity index (χ1) is 10.2. The Kier molecular flexibility index (Phi) is 3.41.